The van der Waals surface area contributed by atoms with Crippen molar-refractivity contribution in [1.29, 1.82) is 0 Å². The summed E-state index contributed by atoms with van der Waals surface area (Å²) < 4.78 is 5.42. The maximum Gasteiger partial charge on any atom is 0.110 e. The Morgan fingerprint density at radius 2 is 2.00 bits per heavy atom. The van der Waals surface area contributed by atoms with Crippen LogP contribution in [0.1, 0.15) is 18.9 Å². The van der Waals surface area contributed by atoms with Crippen LogP contribution in [0.2, 0.25) is 5.02 Å². The highest BCUT2D eigenvalue weighted by Crippen LogP contribution is 2.11. The molecule has 0 heterocycles. The van der Waals surface area contributed by atoms with E-state index < -0.39 is 0 Å². The molecule has 0 aliphatic rings. The number of methoxy groups -OCH3 is 1. The molecule has 96 valence electrons. The van der Waals surface area contributed by atoms with Crippen LogP contribution in [0.5, 0.6) is 0 Å². The smallest absolute Gasteiger partial charge is 0.110 e. The molecule has 1 rings (SSSR count). The Bertz CT molecular complexity index is 316. The Morgan fingerprint density at radius 1 is 1.35 bits per heavy atom. The highest BCUT2D eigenvalue weighted by Gasteiger charge is 2.14. The fraction of sp³-hybridized carbons (Fsp3) is 0.538. The van der Waals surface area contributed by atoms with Gasteiger partial charge >= 0.3 is 0 Å². The summed E-state index contributed by atoms with van der Waals surface area (Å²) in [5, 5.41) is 4.13. The summed E-state index contributed by atoms with van der Waals surface area (Å²) >= 11 is 5.83. The fourth-order valence-corrected chi connectivity index (χ4v) is 1.88. The second-order valence-electron chi connectivity index (χ2n) is 4.22. The van der Waals surface area contributed by atoms with E-state index >= 15 is 0 Å². The molecule has 0 aliphatic heterocycles. The van der Waals surface area contributed by atoms with Crippen LogP contribution in [0, 0.1) is 5.92 Å². The van der Waals surface area contributed by atoms with Crippen molar-refractivity contribution in [2.24, 2.45) is 11.7 Å². The Hall–Kier alpha value is -0.610. The molecule has 3 N–H and O–H groups in total. The van der Waals surface area contributed by atoms with E-state index in [1.54, 1.807) is 7.11 Å². The molecular weight excluding hydrogens is 236 g/mol. The average molecular weight is 257 g/mol. The Morgan fingerprint density at radius 3 is 2.53 bits per heavy atom. The third kappa shape index (κ3) is 5.04. The van der Waals surface area contributed by atoms with Crippen molar-refractivity contribution in [1.82, 2.24) is 5.32 Å². The van der Waals surface area contributed by atoms with E-state index in [9.17, 15) is 0 Å². The molecule has 0 aliphatic carbocycles. The molecule has 1 aromatic carbocycles. The summed E-state index contributed by atoms with van der Waals surface area (Å²) in [6.07, 6.45) is 0.987. The van der Waals surface area contributed by atoms with Gasteiger partial charge in [0, 0.05) is 18.7 Å². The monoisotopic (exact) mass is 256 g/mol. The molecule has 0 saturated carbocycles. The van der Waals surface area contributed by atoms with Crippen molar-refractivity contribution >= 4 is 11.6 Å². The summed E-state index contributed by atoms with van der Waals surface area (Å²) in [6.45, 7) is 3.59. The predicted octanol–water partition coefficient (Wildman–Crippen LogP) is 2.39. The van der Waals surface area contributed by atoms with Gasteiger partial charge in [0.1, 0.15) is 6.23 Å². The standard InChI is InChI=1S/C13H21ClN2O/c1-10(7-8-15)13(17-2)16-9-11-3-5-12(14)6-4-11/h3-6,10,13,16H,7-9,15H2,1-2H3. The van der Waals surface area contributed by atoms with Gasteiger partial charge in [0.15, 0.2) is 0 Å². The van der Waals surface area contributed by atoms with Gasteiger partial charge in [-0.1, -0.05) is 30.7 Å². The van der Waals surface area contributed by atoms with Gasteiger partial charge in [-0.15, -0.1) is 0 Å². The molecule has 0 spiro atoms. The highest BCUT2D eigenvalue weighted by atomic mass is 35.5. The van der Waals surface area contributed by atoms with E-state index in [1.165, 1.54) is 5.56 Å². The van der Waals surface area contributed by atoms with Crippen molar-refractivity contribution in [3.05, 3.63) is 34.9 Å². The molecule has 0 saturated heterocycles. The first-order chi connectivity index (χ1) is 8.17. The highest BCUT2D eigenvalue weighted by molar-refractivity contribution is 6.30. The molecule has 0 amide bonds. The summed E-state index contributed by atoms with van der Waals surface area (Å²) in [7, 11) is 1.71. The average Bonchev–Trinajstić information content (AvgIpc) is 2.32. The molecule has 0 aromatic heterocycles. The summed E-state index contributed by atoms with van der Waals surface area (Å²) in [4.78, 5) is 0. The number of nitrogens with two attached hydrogens (primary N) is 1. The van der Waals surface area contributed by atoms with Gasteiger partial charge in [0.05, 0.1) is 0 Å². The van der Waals surface area contributed by atoms with Gasteiger partial charge < -0.3 is 10.5 Å². The lowest BCUT2D eigenvalue weighted by Crippen LogP contribution is -2.37. The molecule has 3 nitrogen and oxygen atoms in total. The molecule has 0 fully saturated rings. The topological polar surface area (TPSA) is 47.3 Å². The number of benzene rings is 1. The second-order valence-corrected chi connectivity index (χ2v) is 4.65. The van der Waals surface area contributed by atoms with Crippen LogP contribution in [0.4, 0.5) is 0 Å². The number of ether oxygens (including phenoxy) is 1. The van der Waals surface area contributed by atoms with Gasteiger partial charge in [0.25, 0.3) is 0 Å². The molecule has 0 radical (unpaired) electrons. The molecule has 17 heavy (non-hydrogen) atoms. The van der Waals surface area contributed by atoms with Crippen LogP contribution >= 0.6 is 11.6 Å². The zero-order valence-corrected chi connectivity index (χ0v) is 11.2. The zero-order chi connectivity index (χ0) is 12.7. The van der Waals surface area contributed by atoms with Gasteiger partial charge in [-0.2, -0.15) is 0 Å². The number of nitrogens with one attached hydrogen (secondary N) is 1. The molecule has 1 aromatic rings. The first-order valence-electron chi connectivity index (χ1n) is 5.88. The Kier molecular flexibility index (Phi) is 6.52. The number of halogens is 1. The Balaban J connectivity index is 2.44. The molecular formula is C13H21ClN2O. The van der Waals surface area contributed by atoms with Gasteiger partial charge in [-0.25, -0.2) is 0 Å². The quantitative estimate of drug-likeness (QED) is 0.737. The van der Waals surface area contributed by atoms with Crippen molar-refractivity contribution in [3.63, 3.8) is 0 Å². The van der Waals surface area contributed by atoms with Gasteiger partial charge in [-0.3, -0.25) is 5.32 Å². The van der Waals surface area contributed by atoms with Crippen LogP contribution in [0.15, 0.2) is 24.3 Å². The van der Waals surface area contributed by atoms with Crippen LogP contribution in [-0.2, 0) is 11.3 Å². The van der Waals surface area contributed by atoms with Crippen LogP contribution < -0.4 is 11.1 Å². The maximum absolute atomic E-state index is 5.83. The van der Waals surface area contributed by atoms with Crippen molar-refractivity contribution in [2.45, 2.75) is 26.1 Å². The van der Waals surface area contributed by atoms with E-state index in [-0.39, 0.29) is 6.23 Å². The number of rotatable bonds is 7. The lowest BCUT2D eigenvalue weighted by atomic mass is 10.1. The van der Waals surface area contributed by atoms with E-state index in [4.69, 9.17) is 22.1 Å². The van der Waals surface area contributed by atoms with Gasteiger partial charge in [-0.05, 0) is 36.6 Å². The molecule has 4 heteroatoms. The third-order valence-corrected chi connectivity index (χ3v) is 3.07. The molecule has 0 bridgehead atoms. The van der Waals surface area contributed by atoms with Crippen molar-refractivity contribution in [2.75, 3.05) is 13.7 Å². The molecule has 2 atom stereocenters. The van der Waals surface area contributed by atoms with E-state index in [0.29, 0.717) is 12.5 Å². The van der Waals surface area contributed by atoms with Crippen LogP contribution in [0.25, 0.3) is 0 Å². The minimum Gasteiger partial charge on any atom is -0.366 e. The van der Waals surface area contributed by atoms with Crippen molar-refractivity contribution < 1.29 is 4.74 Å². The molecule has 2 unspecified atom stereocenters. The SMILES string of the molecule is COC(NCc1ccc(Cl)cc1)C(C)CCN. The van der Waals surface area contributed by atoms with E-state index in [1.807, 2.05) is 24.3 Å². The van der Waals surface area contributed by atoms with Crippen LogP contribution in [-0.4, -0.2) is 19.9 Å². The normalized spacial score (nSPS) is 14.6. The first-order valence-corrected chi connectivity index (χ1v) is 6.26. The predicted molar refractivity (Wildman–Crippen MR) is 71.9 cm³/mol. The summed E-state index contributed by atoms with van der Waals surface area (Å²) in [6, 6.07) is 7.80. The zero-order valence-electron chi connectivity index (χ0n) is 10.4. The number of hydrogen-bond acceptors (Lipinski definition) is 3. The number of hydrogen-bond donors (Lipinski definition) is 2. The van der Waals surface area contributed by atoms with Crippen molar-refractivity contribution in [3.8, 4) is 0 Å². The lowest BCUT2D eigenvalue weighted by molar-refractivity contribution is 0.0277. The summed E-state index contributed by atoms with van der Waals surface area (Å²) in [5.74, 6) is 0.400. The van der Waals surface area contributed by atoms with Gasteiger partial charge in [0.2, 0.25) is 0 Å². The largest absolute Gasteiger partial charge is 0.366 e. The Labute approximate surface area is 108 Å². The van der Waals surface area contributed by atoms with E-state index in [2.05, 4.69) is 12.2 Å². The first kappa shape index (κ1) is 14.5. The lowest BCUT2D eigenvalue weighted by Gasteiger charge is -2.23. The fourth-order valence-electron chi connectivity index (χ4n) is 1.75. The minimum absolute atomic E-state index is 0.0363. The van der Waals surface area contributed by atoms with Crippen LogP contribution in [0.3, 0.4) is 0 Å². The summed E-state index contributed by atoms with van der Waals surface area (Å²) in [5.41, 5.74) is 6.74. The maximum atomic E-state index is 5.83. The second kappa shape index (κ2) is 7.67. The minimum atomic E-state index is 0.0363. The third-order valence-electron chi connectivity index (χ3n) is 2.81. The van der Waals surface area contributed by atoms with E-state index in [0.717, 1.165) is 18.0 Å².